The maximum Gasteiger partial charge on any atom is 0.573 e. The van der Waals surface area contributed by atoms with Gasteiger partial charge in [0.1, 0.15) is 11.5 Å². The molecule has 0 aliphatic heterocycles. The van der Waals surface area contributed by atoms with Crippen LogP contribution < -0.4 is 15.2 Å². The molecule has 13 heteroatoms. The second-order valence-electron chi connectivity index (χ2n) is 5.67. The van der Waals surface area contributed by atoms with E-state index in [1.165, 1.54) is 12.1 Å². The van der Waals surface area contributed by atoms with Gasteiger partial charge in [-0.25, -0.2) is 4.98 Å². The zero-order valence-corrected chi connectivity index (χ0v) is 14.5. The molecule has 7 nitrogen and oxygen atoms in total. The van der Waals surface area contributed by atoms with E-state index in [1.54, 1.807) is 0 Å². The minimum atomic E-state index is -5.11. The molecule has 158 valence electrons. The topological polar surface area (TPSA) is 103 Å². The number of hydrogen-bond donors (Lipinski definition) is 2. The van der Waals surface area contributed by atoms with Crippen molar-refractivity contribution in [1.82, 2.24) is 15.2 Å². The highest BCUT2D eigenvalue weighted by atomic mass is 19.4. The molecule has 0 saturated heterocycles. The van der Waals surface area contributed by atoms with Crippen LogP contribution in [-0.4, -0.2) is 33.8 Å². The van der Waals surface area contributed by atoms with Gasteiger partial charge < -0.3 is 15.2 Å². The lowest BCUT2D eigenvalue weighted by Gasteiger charge is -2.17. The molecule has 1 aromatic heterocycles. The van der Waals surface area contributed by atoms with E-state index in [4.69, 9.17) is 5.73 Å². The smallest absolute Gasteiger partial charge is 0.405 e. The number of carbonyl (C=O) groups excluding carboxylic acids is 1. The fourth-order valence-electron chi connectivity index (χ4n) is 2.50. The molecular formula is C17H10F6N4O3. The maximum absolute atomic E-state index is 12.8. The number of ether oxygens (including phenoxy) is 2. The van der Waals surface area contributed by atoms with Crippen molar-refractivity contribution in [3.8, 4) is 34.0 Å². The van der Waals surface area contributed by atoms with E-state index in [2.05, 4.69) is 24.7 Å². The Kier molecular flexibility index (Phi) is 5.29. The lowest BCUT2D eigenvalue weighted by Crippen LogP contribution is -2.19. The van der Waals surface area contributed by atoms with Crippen LogP contribution in [0.3, 0.4) is 0 Å². The minimum absolute atomic E-state index is 0.0742. The summed E-state index contributed by atoms with van der Waals surface area (Å²) in [4.78, 5) is 14.9. The number of halogens is 6. The zero-order valence-electron chi connectivity index (χ0n) is 14.5. The number of alkyl halides is 6. The molecule has 1 heterocycles. The number of rotatable bonds is 5. The van der Waals surface area contributed by atoms with E-state index in [0.29, 0.717) is 0 Å². The van der Waals surface area contributed by atoms with Gasteiger partial charge in [0.25, 0.3) is 5.91 Å². The summed E-state index contributed by atoms with van der Waals surface area (Å²) in [5.41, 5.74) is 4.42. The van der Waals surface area contributed by atoms with Crippen LogP contribution in [0.15, 0.2) is 42.5 Å². The highest BCUT2D eigenvalue weighted by molar-refractivity contribution is 5.89. The van der Waals surface area contributed by atoms with Crippen molar-refractivity contribution >= 4 is 5.91 Å². The molecule has 2 aromatic carbocycles. The molecule has 0 bridgehead atoms. The van der Waals surface area contributed by atoms with Gasteiger partial charge in [-0.15, -0.1) is 26.3 Å². The van der Waals surface area contributed by atoms with Crippen molar-refractivity contribution in [2.45, 2.75) is 12.7 Å². The SMILES string of the molecule is NC(=O)c1nc(-c2ccc(OC(F)(F)F)c(-c3ccccc3OC(F)(F)F)c2)n[nH]1. The fourth-order valence-corrected chi connectivity index (χ4v) is 2.50. The third kappa shape index (κ3) is 4.98. The van der Waals surface area contributed by atoms with Crippen molar-refractivity contribution in [2.24, 2.45) is 5.73 Å². The van der Waals surface area contributed by atoms with E-state index in [-0.39, 0.29) is 28.3 Å². The molecule has 0 unspecified atom stereocenters. The van der Waals surface area contributed by atoms with E-state index >= 15 is 0 Å². The Labute approximate surface area is 163 Å². The van der Waals surface area contributed by atoms with Crippen LogP contribution in [-0.2, 0) is 0 Å². The van der Waals surface area contributed by atoms with E-state index in [1.807, 2.05) is 0 Å². The largest absolute Gasteiger partial charge is 0.573 e. The number of para-hydroxylation sites is 1. The van der Waals surface area contributed by atoms with E-state index < -0.39 is 30.1 Å². The number of aromatic nitrogens is 3. The van der Waals surface area contributed by atoms with Crippen LogP contribution >= 0.6 is 0 Å². The van der Waals surface area contributed by atoms with Gasteiger partial charge in [-0.1, -0.05) is 18.2 Å². The molecule has 3 N–H and O–H groups in total. The Morgan fingerprint density at radius 3 is 2.07 bits per heavy atom. The van der Waals surface area contributed by atoms with Crippen molar-refractivity contribution in [3.63, 3.8) is 0 Å². The number of benzene rings is 2. The van der Waals surface area contributed by atoms with Crippen LogP contribution in [0.25, 0.3) is 22.5 Å². The number of aromatic amines is 1. The van der Waals surface area contributed by atoms with Gasteiger partial charge in [-0.2, -0.15) is 5.10 Å². The lowest BCUT2D eigenvalue weighted by atomic mass is 10.0. The fraction of sp³-hybridized carbons (Fsp3) is 0.118. The molecular weight excluding hydrogens is 422 g/mol. The first kappa shape index (κ1) is 21.0. The van der Waals surface area contributed by atoms with E-state index in [9.17, 15) is 31.1 Å². The van der Waals surface area contributed by atoms with Crippen LogP contribution in [0.2, 0.25) is 0 Å². The van der Waals surface area contributed by atoms with Gasteiger partial charge in [0.05, 0.1) is 0 Å². The van der Waals surface area contributed by atoms with Crippen LogP contribution in [0.1, 0.15) is 10.6 Å². The molecule has 1 amide bonds. The number of nitrogens with one attached hydrogen (secondary N) is 1. The number of amides is 1. The van der Waals surface area contributed by atoms with Crippen molar-refractivity contribution in [1.29, 1.82) is 0 Å². The summed E-state index contributed by atoms with van der Waals surface area (Å²) in [6.45, 7) is 0. The number of nitrogens with zero attached hydrogens (tertiary/aromatic N) is 2. The van der Waals surface area contributed by atoms with Crippen molar-refractivity contribution in [3.05, 3.63) is 48.3 Å². The Bertz CT molecular complexity index is 1080. The maximum atomic E-state index is 12.8. The average molecular weight is 432 g/mol. The van der Waals surface area contributed by atoms with Gasteiger partial charge in [0.2, 0.25) is 5.82 Å². The molecule has 0 aliphatic rings. The molecule has 0 spiro atoms. The van der Waals surface area contributed by atoms with Crippen molar-refractivity contribution in [2.75, 3.05) is 0 Å². The second-order valence-corrected chi connectivity index (χ2v) is 5.67. The molecule has 0 aliphatic carbocycles. The number of carbonyl (C=O) groups is 1. The summed E-state index contributed by atoms with van der Waals surface area (Å²) in [5.74, 6) is -2.91. The van der Waals surface area contributed by atoms with Gasteiger partial charge in [0.15, 0.2) is 5.82 Å². The standard InChI is InChI=1S/C17H10F6N4O3/c18-16(19,20)29-11-4-2-1-3-9(11)10-7-8(5-6-12(10)30-17(21,22)23)14-25-15(13(24)28)27-26-14/h1-7H,(H2,24,28)(H,25,26,27). The number of hydrogen-bond acceptors (Lipinski definition) is 5. The quantitative estimate of drug-likeness (QED) is 0.593. The Morgan fingerprint density at radius 2 is 1.50 bits per heavy atom. The monoisotopic (exact) mass is 432 g/mol. The Morgan fingerprint density at radius 1 is 0.900 bits per heavy atom. The molecule has 30 heavy (non-hydrogen) atoms. The molecule has 0 radical (unpaired) electrons. The van der Waals surface area contributed by atoms with Gasteiger partial charge in [-0.3, -0.25) is 9.89 Å². The predicted octanol–water partition coefficient (Wildman–Crippen LogP) is 4.03. The first-order valence-corrected chi connectivity index (χ1v) is 7.90. The average Bonchev–Trinajstić information content (AvgIpc) is 3.10. The predicted molar refractivity (Wildman–Crippen MR) is 89.1 cm³/mol. The third-order valence-electron chi connectivity index (χ3n) is 3.59. The summed E-state index contributed by atoms with van der Waals surface area (Å²) in [7, 11) is 0. The number of nitrogens with two attached hydrogens (primary N) is 1. The Balaban J connectivity index is 2.16. The third-order valence-corrected chi connectivity index (χ3v) is 3.59. The van der Waals surface area contributed by atoms with Crippen LogP contribution in [0, 0.1) is 0 Å². The first-order valence-electron chi connectivity index (χ1n) is 7.90. The normalized spacial score (nSPS) is 11.9. The molecule has 3 rings (SSSR count). The van der Waals surface area contributed by atoms with Crippen LogP contribution in [0.4, 0.5) is 26.3 Å². The highest BCUT2D eigenvalue weighted by Crippen LogP contribution is 2.41. The summed E-state index contributed by atoms with van der Waals surface area (Å²) >= 11 is 0. The number of primary amides is 1. The highest BCUT2D eigenvalue weighted by Gasteiger charge is 2.35. The zero-order chi connectivity index (χ0) is 22.1. The summed E-state index contributed by atoms with van der Waals surface area (Å²) < 4.78 is 84.5. The second kappa shape index (κ2) is 7.57. The summed E-state index contributed by atoms with van der Waals surface area (Å²) in [6.07, 6.45) is -10.2. The molecule has 0 atom stereocenters. The summed E-state index contributed by atoms with van der Waals surface area (Å²) in [5, 5.41) is 5.96. The first-order chi connectivity index (χ1) is 13.9. The van der Waals surface area contributed by atoms with Gasteiger partial charge >= 0.3 is 12.7 Å². The van der Waals surface area contributed by atoms with Gasteiger partial charge in [0, 0.05) is 16.7 Å². The molecule has 3 aromatic rings. The molecule has 0 saturated carbocycles. The van der Waals surface area contributed by atoms with Crippen LogP contribution in [0.5, 0.6) is 11.5 Å². The minimum Gasteiger partial charge on any atom is -0.405 e. The summed E-state index contributed by atoms with van der Waals surface area (Å²) in [6, 6.07) is 7.65. The molecule has 0 fully saturated rings. The van der Waals surface area contributed by atoms with E-state index in [0.717, 1.165) is 30.3 Å². The lowest BCUT2D eigenvalue weighted by molar-refractivity contribution is -0.276. The Hall–Kier alpha value is -3.77. The van der Waals surface area contributed by atoms with Gasteiger partial charge in [-0.05, 0) is 24.3 Å². The van der Waals surface area contributed by atoms with Crippen molar-refractivity contribution < 1.29 is 40.6 Å². The number of H-pyrrole nitrogens is 1.